The summed E-state index contributed by atoms with van der Waals surface area (Å²) >= 11 is 6.18. The molecule has 2 amide bonds. The smallest absolute Gasteiger partial charge is 0.411 e. The number of amides is 2. The lowest BCUT2D eigenvalue weighted by Crippen LogP contribution is -2.31. The number of allylic oxidation sites excluding steroid dienone is 1. The van der Waals surface area contributed by atoms with Crippen LogP contribution in [0.2, 0.25) is 5.02 Å². The van der Waals surface area contributed by atoms with Gasteiger partial charge in [-0.25, -0.2) is 19.8 Å². The number of benzene rings is 1. The first-order valence-corrected chi connectivity index (χ1v) is 17.1. The largest absolute Gasteiger partial charge is 0.453 e. The second kappa shape index (κ2) is 12.9. The van der Waals surface area contributed by atoms with Crippen LogP contribution in [0, 0.1) is 12.3 Å². The van der Waals surface area contributed by atoms with Crippen LogP contribution in [-0.2, 0) is 21.0 Å². The van der Waals surface area contributed by atoms with Gasteiger partial charge in [0.1, 0.15) is 12.6 Å². The average molecular weight is 614 g/mol. The summed E-state index contributed by atoms with van der Waals surface area (Å²) in [5.41, 5.74) is 4.19. The Morgan fingerprint density at radius 2 is 1.98 bits per heavy atom. The molecule has 2 aromatic heterocycles. The van der Waals surface area contributed by atoms with Crippen LogP contribution in [0.1, 0.15) is 43.9 Å². The Balaban J connectivity index is 1.90. The molecule has 3 aromatic rings. The van der Waals surface area contributed by atoms with Gasteiger partial charge in [0.15, 0.2) is 0 Å². The van der Waals surface area contributed by atoms with Gasteiger partial charge in [0, 0.05) is 39.9 Å². The fourth-order valence-electron chi connectivity index (χ4n) is 4.55. The molecule has 2 N–H and O–H groups in total. The number of fused-ring (bicyclic) bond motifs is 4. The van der Waals surface area contributed by atoms with E-state index >= 15 is 0 Å². The van der Waals surface area contributed by atoms with Crippen molar-refractivity contribution in [2.45, 2.75) is 40.3 Å². The molecule has 0 spiro atoms. The molecule has 0 aliphatic carbocycles. The van der Waals surface area contributed by atoms with Crippen molar-refractivity contribution in [2.24, 2.45) is 5.41 Å². The van der Waals surface area contributed by atoms with Gasteiger partial charge in [-0.3, -0.25) is 15.1 Å². The first-order valence-electron chi connectivity index (χ1n) is 13.7. The molecule has 226 valence electrons. The lowest BCUT2D eigenvalue weighted by molar-refractivity contribution is -0.124. The van der Waals surface area contributed by atoms with E-state index in [-0.39, 0.29) is 5.91 Å². The van der Waals surface area contributed by atoms with Crippen molar-refractivity contribution >= 4 is 50.6 Å². The van der Waals surface area contributed by atoms with Gasteiger partial charge in [0.2, 0.25) is 5.91 Å². The van der Waals surface area contributed by atoms with Crippen molar-refractivity contribution in [3.05, 3.63) is 64.8 Å². The molecule has 4 rings (SSSR count). The average Bonchev–Trinajstić information content (AvgIpc) is 3.24. The Bertz CT molecular complexity index is 1490. The number of hydrogen-bond acceptors (Lipinski definition) is 6. The Morgan fingerprint density at radius 3 is 2.64 bits per heavy atom. The highest BCUT2D eigenvalue weighted by atomic mass is 35.5. The minimum Gasteiger partial charge on any atom is -0.453 e. The minimum absolute atomic E-state index is 0.135. The minimum atomic E-state index is -0.708. The number of methoxy groups -OCH3 is 1. The van der Waals surface area contributed by atoms with Crippen LogP contribution in [0.5, 0.6) is 0 Å². The Kier molecular flexibility index (Phi) is 9.70. The van der Waals surface area contributed by atoms with E-state index in [1.807, 2.05) is 39.0 Å². The number of hydrogen-bond donors (Lipinski definition) is 2. The standard InChI is InChI=1S/C31H40ClN5O4S/c1-20-27-23-12-11-22(34-30(39)40-4)17-26(23)35-29(38)31(2,3)14-8-9-24(25-13-10-21(32)18-33-25)28(36-27)37(20)19-41-15-16-42(5,6)7/h9-13,17-18H,8,14-16,19H2,1-7H3,(H,34,39)(H,35,38)/b24-9-. The number of pyridine rings is 1. The molecule has 1 aliphatic rings. The van der Waals surface area contributed by atoms with E-state index in [1.165, 1.54) is 7.11 Å². The molecule has 11 heteroatoms. The van der Waals surface area contributed by atoms with Crippen LogP contribution in [-0.4, -0.2) is 64.8 Å². The number of imidazole rings is 1. The van der Waals surface area contributed by atoms with Gasteiger partial charge < -0.3 is 19.4 Å². The first kappa shape index (κ1) is 31.6. The third-order valence-electron chi connectivity index (χ3n) is 7.21. The highest BCUT2D eigenvalue weighted by Gasteiger charge is 2.30. The summed E-state index contributed by atoms with van der Waals surface area (Å²) in [6.45, 7) is 6.78. The van der Waals surface area contributed by atoms with E-state index in [9.17, 15) is 9.59 Å². The third-order valence-corrected chi connectivity index (χ3v) is 8.83. The molecule has 0 saturated carbocycles. The van der Waals surface area contributed by atoms with Crippen LogP contribution < -0.4 is 10.6 Å². The zero-order chi connectivity index (χ0) is 30.7. The van der Waals surface area contributed by atoms with Crippen LogP contribution in [0.25, 0.3) is 16.8 Å². The molecular weight excluding hydrogens is 574 g/mol. The number of ether oxygens (including phenoxy) is 2. The monoisotopic (exact) mass is 613 g/mol. The lowest BCUT2D eigenvalue weighted by Gasteiger charge is -2.25. The summed E-state index contributed by atoms with van der Waals surface area (Å²) in [7, 11) is 0.594. The second-order valence-electron chi connectivity index (χ2n) is 11.9. The number of carbonyl (C=O) groups excluding carboxylic acids is 2. The number of rotatable bonds is 7. The zero-order valence-electron chi connectivity index (χ0n) is 25.3. The lowest BCUT2D eigenvalue weighted by atomic mass is 9.86. The van der Waals surface area contributed by atoms with E-state index in [0.29, 0.717) is 54.1 Å². The molecule has 42 heavy (non-hydrogen) atoms. The molecular formula is C31H40ClN5O4S. The molecule has 0 radical (unpaired) electrons. The number of nitrogens with one attached hydrogen (secondary N) is 2. The van der Waals surface area contributed by atoms with Gasteiger partial charge in [0.05, 0.1) is 35.8 Å². The maximum Gasteiger partial charge on any atom is 0.411 e. The van der Waals surface area contributed by atoms with Crippen LogP contribution in [0.4, 0.5) is 16.2 Å². The van der Waals surface area contributed by atoms with Crippen molar-refractivity contribution in [1.82, 2.24) is 14.5 Å². The summed E-state index contributed by atoms with van der Waals surface area (Å²) in [6, 6.07) is 9.03. The van der Waals surface area contributed by atoms with Gasteiger partial charge in [-0.15, -0.1) is 0 Å². The maximum absolute atomic E-state index is 13.5. The highest BCUT2D eigenvalue weighted by Crippen LogP contribution is 2.38. The van der Waals surface area contributed by atoms with E-state index in [1.54, 1.807) is 18.3 Å². The summed E-state index contributed by atoms with van der Waals surface area (Å²) in [6.07, 6.45) is 11.1. The Hall–Kier alpha value is -3.34. The van der Waals surface area contributed by atoms with Crippen LogP contribution in [0.3, 0.4) is 0 Å². The normalized spacial score (nSPS) is 16.7. The molecule has 1 aromatic carbocycles. The van der Waals surface area contributed by atoms with E-state index in [4.69, 9.17) is 26.1 Å². The topological polar surface area (TPSA) is 107 Å². The fraction of sp³-hybridized carbons (Fsp3) is 0.419. The van der Waals surface area contributed by atoms with E-state index < -0.39 is 21.5 Å². The predicted octanol–water partition coefficient (Wildman–Crippen LogP) is 6.94. The number of nitrogens with zero attached hydrogens (tertiary/aromatic N) is 3. The van der Waals surface area contributed by atoms with Crippen molar-refractivity contribution < 1.29 is 19.1 Å². The molecule has 9 nitrogen and oxygen atoms in total. The first-order chi connectivity index (χ1) is 19.8. The van der Waals surface area contributed by atoms with E-state index in [0.717, 1.165) is 28.3 Å². The highest BCUT2D eigenvalue weighted by molar-refractivity contribution is 8.32. The van der Waals surface area contributed by atoms with Gasteiger partial charge in [-0.2, -0.15) is 0 Å². The van der Waals surface area contributed by atoms with Crippen LogP contribution in [0.15, 0.2) is 42.6 Å². The summed E-state index contributed by atoms with van der Waals surface area (Å²) in [4.78, 5) is 35.2. The third kappa shape index (κ3) is 7.53. The van der Waals surface area contributed by atoms with Crippen molar-refractivity contribution in [2.75, 3.05) is 48.9 Å². The molecule has 0 saturated heterocycles. The van der Waals surface area contributed by atoms with Crippen molar-refractivity contribution in [3.8, 4) is 11.3 Å². The summed E-state index contributed by atoms with van der Waals surface area (Å²) in [5.74, 6) is 1.57. The quantitative estimate of drug-likeness (QED) is 0.279. The Morgan fingerprint density at radius 1 is 1.21 bits per heavy atom. The Labute approximate surface area is 254 Å². The van der Waals surface area contributed by atoms with Gasteiger partial charge in [-0.05, 0) is 68.9 Å². The van der Waals surface area contributed by atoms with Crippen molar-refractivity contribution in [3.63, 3.8) is 0 Å². The molecule has 0 fully saturated rings. The van der Waals surface area contributed by atoms with Gasteiger partial charge >= 0.3 is 6.09 Å². The van der Waals surface area contributed by atoms with Crippen LogP contribution >= 0.6 is 21.6 Å². The molecule has 0 atom stereocenters. The molecule has 3 heterocycles. The fourth-order valence-corrected chi connectivity index (χ4v) is 5.28. The van der Waals surface area contributed by atoms with Gasteiger partial charge in [0.25, 0.3) is 0 Å². The molecule has 0 unspecified atom stereocenters. The summed E-state index contributed by atoms with van der Waals surface area (Å²) in [5, 5.41) is 6.34. The van der Waals surface area contributed by atoms with Gasteiger partial charge in [-0.1, -0.05) is 31.5 Å². The molecule has 2 bridgehead atoms. The number of halogens is 1. The number of aromatic nitrogens is 3. The summed E-state index contributed by atoms with van der Waals surface area (Å²) < 4.78 is 13.0. The number of anilines is 2. The molecule has 1 aliphatic heterocycles. The zero-order valence-corrected chi connectivity index (χ0v) is 26.9. The SMILES string of the molecule is COC(=O)Nc1ccc2c(c1)NC(=O)C(C)(C)CC/C=C(/c1ccc(Cl)cn1)c1nc-2c(C)n1COCCS(C)(C)C. The number of carbonyl (C=O) groups is 2. The van der Waals surface area contributed by atoms with Crippen molar-refractivity contribution in [1.29, 1.82) is 0 Å². The second-order valence-corrected chi connectivity index (χ2v) is 16.9. The van der Waals surface area contributed by atoms with E-state index in [2.05, 4.69) is 45.0 Å². The predicted molar refractivity (Wildman–Crippen MR) is 173 cm³/mol. The maximum atomic E-state index is 13.5.